The number of sulfone groups is 1. The van der Waals surface area contributed by atoms with Gasteiger partial charge in [-0.05, 0) is 42.0 Å². The number of amidine groups is 1. The van der Waals surface area contributed by atoms with Crippen molar-refractivity contribution in [2.24, 2.45) is 4.99 Å². The van der Waals surface area contributed by atoms with E-state index in [4.69, 9.17) is 28.2 Å². The lowest BCUT2D eigenvalue weighted by Gasteiger charge is -2.26. The molecule has 0 bridgehead atoms. The van der Waals surface area contributed by atoms with Crippen LogP contribution in [0.25, 0.3) is 0 Å². The Kier molecular flexibility index (Phi) is 4.94. The minimum Gasteiger partial charge on any atom is -0.315 e. The molecule has 0 aromatic heterocycles. The highest BCUT2D eigenvalue weighted by Crippen LogP contribution is 2.36. The number of nitrogens with zero attached hydrogens (tertiary/aromatic N) is 2. The molecule has 1 saturated heterocycles. The summed E-state index contributed by atoms with van der Waals surface area (Å²) in [5.41, 5.74) is 2.02. The van der Waals surface area contributed by atoms with Crippen LogP contribution in [0.1, 0.15) is 5.56 Å². The molecule has 8 heteroatoms. The number of hydrogen-bond donors (Lipinski definition) is 0. The van der Waals surface area contributed by atoms with E-state index >= 15 is 0 Å². The van der Waals surface area contributed by atoms with Crippen molar-refractivity contribution in [3.63, 3.8) is 0 Å². The second kappa shape index (κ2) is 7.08. The van der Waals surface area contributed by atoms with Crippen LogP contribution in [-0.2, 0) is 15.6 Å². The van der Waals surface area contributed by atoms with E-state index in [9.17, 15) is 8.42 Å². The molecular weight excluding hydrogens is 411 g/mol. The first-order chi connectivity index (χ1) is 12.4. The van der Waals surface area contributed by atoms with E-state index in [1.807, 2.05) is 53.4 Å². The molecule has 1 fully saturated rings. The lowest BCUT2D eigenvalue weighted by atomic mass is 10.1. The Morgan fingerprint density at radius 2 is 1.85 bits per heavy atom. The molecule has 26 heavy (non-hydrogen) atoms. The number of rotatable bonds is 3. The molecule has 0 radical (unpaired) electrons. The molecule has 0 aliphatic carbocycles. The summed E-state index contributed by atoms with van der Waals surface area (Å²) in [5, 5.41) is 2.19. The fourth-order valence-corrected chi connectivity index (χ4v) is 6.56. The zero-order valence-electron chi connectivity index (χ0n) is 13.7. The largest absolute Gasteiger partial charge is 0.315 e. The van der Waals surface area contributed by atoms with E-state index in [1.54, 1.807) is 11.8 Å². The second-order valence-corrected chi connectivity index (χ2v) is 10.4. The molecule has 0 spiro atoms. The van der Waals surface area contributed by atoms with Crippen molar-refractivity contribution in [3.8, 4) is 0 Å². The van der Waals surface area contributed by atoms with Crippen molar-refractivity contribution in [2.75, 3.05) is 16.4 Å². The Labute approximate surface area is 167 Å². The van der Waals surface area contributed by atoms with Gasteiger partial charge < -0.3 is 4.90 Å². The van der Waals surface area contributed by atoms with E-state index in [0.29, 0.717) is 10.0 Å². The Balaban J connectivity index is 1.61. The zero-order chi connectivity index (χ0) is 18.3. The van der Waals surface area contributed by atoms with Crippen molar-refractivity contribution in [1.82, 2.24) is 0 Å². The predicted molar refractivity (Wildman–Crippen MR) is 110 cm³/mol. The van der Waals surface area contributed by atoms with Crippen LogP contribution in [0.2, 0.25) is 10.0 Å². The van der Waals surface area contributed by atoms with E-state index in [-0.39, 0.29) is 23.6 Å². The van der Waals surface area contributed by atoms with Gasteiger partial charge >= 0.3 is 0 Å². The Morgan fingerprint density at radius 1 is 1.08 bits per heavy atom. The number of thioether (sulfide) groups is 1. The third-order valence-electron chi connectivity index (χ3n) is 4.47. The number of aliphatic imine (C=N–C) groups is 1. The lowest BCUT2D eigenvalue weighted by molar-refractivity contribution is 0.601. The fourth-order valence-electron chi connectivity index (χ4n) is 3.31. The first-order valence-electron chi connectivity index (χ1n) is 8.11. The van der Waals surface area contributed by atoms with E-state index in [2.05, 4.69) is 0 Å². The van der Waals surface area contributed by atoms with Gasteiger partial charge in [0.1, 0.15) is 0 Å². The highest BCUT2D eigenvalue weighted by Gasteiger charge is 2.47. The van der Waals surface area contributed by atoms with Gasteiger partial charge in [-0.15, -0.1) is 0 Å². The lowest BCUT2D eigenvalue weighted by Crippen LogP contribution is -2.39. The topological polar surface area (TPSA) is 49.7 Å². The highest BCUT2D eigenvalue weighted by molar-refractivity contribution is 8.13. The maximum atomic E-state index is 12.1. The van der Waals surface area contributed by atoms with Crippen LogP contribution in [0.15, 0.2) is 53.5 Å². The third kappa shape index (κ3) is 3.74. The summed E-state index contributed by atoms with van der Waals surface area (Å²) < 4.78 is 24.1. The maximum absolute atomic E-state index is 12.1. The highest BCUT2D eigenvalue weighted by atomic mass is 35.5. The van der Waals surface area contributed by atoms with Crippen LogP contribution in [0, 0.1) is 0 Å². The molecule has 136 valence electrons. The first kappa shape index (κ1) is 18.2. The monoisotopic (exact) mass is 426 g/mol. The van der Waals surface area contributed by atoms with Crippen LogP contribution in [-0.4, -0.2) is 37.2 Å². The molecule has 2 aromatic carbocycles. The van der Waals surface area contributed by atoms with Crippen molar-refractivity contribution in [2.45, 2.75) is 17.8 Å². The van der Waals surface area contributed by atoms with Gasteiger partial charge in [-0.25, -0.2) is 8.42 Å². The van der Waals surface area contributed by atoms with Gasteiger partial charge in [-0.1, -0.05) is 47.1 Å². The summed E-state index contributed by atoms with van der Waals surface area (Å²) >= 11 is 13.7. The molecule has 2 aliphatic heterocycles. The summed E-state index contributed by atoms with van der Waals surface area (Å²) in [7, 11) is -3.05. The van der Waals surface area contributed by atoms with Gasteiger partial charge in [0, 0.05) is 21.5 Å². The van der Waals surface area contributed by atoms with Gasteiger partial charge in [0.25, 0.3) is 0 Å². The minimum absolute atomic E-state index is 0.114. The van der Waals surface area contributed by atoms with Crippen LogP contribution < -0.4 is 4.90 Å². The smallest absolute Gasteiger partial charge is 0.164 e. The van der Waals surface area contributed by atoms with Gasteiger partial charge in [0.15, 0.2) is 15.0 Å². The maximum Gasteiger partial charge on any atom is 0.164 e. The van der Waals surface area contributed by atoms with Gasteiger partial charge in [-0.2, -0.15) is 0 Å². The van der Waals surface area contributed by atoms with Crippen molar-refractivity contribution < 1.29 is 8.42 Å². The van der Waals surface area contributed by atoms with Crippen LogP contribution >= 0.6 is 35.0 Å². The summed E-state index contributed by atoms with van der Waals surface area (Å²) in [6.45, 7) is 0. The van der Waals surface area contributed by atoms with Crippen LogP contribution in [0.3, 0.4) is 0 Å². The summed E-state index contributed by atoms with van der Waals surface area (Å²) in [4.78, 5) is 6.77. The Morgan fingerprint density at radius 3 is 2.58 bits per heavy atom. The van der Waals surface area contributed by atoms with Crippen molar-refractivity contribution >= 4 is 55.7 Å². The number of fused-ring (bicyclic) bond motifs is 1. The summed E-state index contributed by atoms with van der Waals surface area (Å²) in [6.07, 6.45) is 0. The minimum atomic E-state index is -3.05. The second-order valence-electron chi connectivity index (χ2n) is 6.39. The number of halogens is 2. The Bertz CT molecular complexity index is 961. The third-order valence-corrected chi connectivity index (χ3v) is 7.69. The average molecular weight is 427 g/mol. The fraction of sp³-hybridized carbons (Fsp3) is 0.278. The SMILES string of the molecule is O=S1(=O)CC2N=C(SCc3cccc(Cl)c3)N(c3ccc(Cl)cc3)C2C1. The van der Waals surface area contributed by atoms with Crippen molar-refractivity contribution in [3.05, 3.63) is 64.1 Å². The number of benzene rings is 2. The molecule has 2 aliphatic rings. The molecule has 2 atom stereocenters. The average Bonchev–Trinajstić information content (AvgIpc) is 3.05. The summed E-state index contributed by atoms with van der Waals surface area (Å²) in [6, 6.07) is 14.8. The van der Waals surface area contributed by atoms with E-state index < -0.39 is 9.84 Å². The predicted octanol–water partition coefficient (Wildman–Crippen LogP) is 4.27. The van der Waals surface area contributed by atoms with Crippen LogP contribution in [0.4, 0.5) is 5.69 Å². The number of anilines is 1. The molecule has 4 nitrogen and oxygen atoms in total. The first-order valence-corrected chi connectivity index (χ1v) is 11.7. The number of hydrogen-bond acceptors (Lipinski definition) is 5. The van der Waals surface area contributed by atoms with E-state index in [1.165, 1.54) is 0 Å². The molecular formula is C18H16Cl2N2O2S2. The molecule has 0 N–H and O–H groups in total. The van der Waals surface area contributed by atoms with Gasteiger partial charge in [-0.3, -0.25) is 4.99 Å². The zero-order valence-corrected chi connectivity index (χ0v) is 16.8. The standard InChI is InChI=1S/C18H16Cl2N2O2S2/c19-13-4-6-15(7-5-13)22-17-11-26(23,24)10-16(17)21-18(22)25-9-12-2-1-3-14(20)8-12/h1-8,16-17H,9-11H2. The van der Waals surface area contributed by atoms with Gasteiger partial charge in [0.05, 0.1) is 23.6 Å². The molecule has 2 heterocycles. The van der Waals surface area contributed by atoms with Crippen LogP contribution in [0.5, 0.6) is 0 Å². The quantitative estimate of drug-likeness (QED) is 0.734. The van der Waals surface area contributed by atoms with E-state index in [0.717, 1.165) is 22.2 Å². The molecule has 0 amide bonds. The molecule has 4 rings (SSSR count). The normalized spacial score (nSPS) is 23.8. The summed E-state index contributed by atoms with van der Waals surface area (Å²) in [5.74, 6) is 0.962. The Hall–Kier alpha value is -1.21. The molecule has 0 saturated carbocycles. The molecule has 2 unspecified atom stereocenters. The van der Waals surface area contributed by atoms with Gasteiger partial charge in [0.2, 0.25) is 0 Å². The molecule has 2 aromatic rings. The van der Waals surface area contributed by atoms with Crippen molar-refractivity contribution in [1.29, 1.82) is 0 Å².